The second-order valence-corrected chi connectivity index (χ2v) is 6.55. The van der Waals surface area contributed by atoms with Crippen molar-refractivity contribution in [2.45, 2.75) is 31.8 Å². The van der Waals surface area contributed by atoms with Crippen LogP contribution in [-0.2, 0) is 6.42 Å². The van der Waals surface area contributed by atoms with E-state index in [9.17, 15) is 9.90 Å². The van der Waals surface area contributed by atoms with Crippen LogP contribution in [0.4, 0.5) is 5.82 Å². The summed E-state index contributed by atoms with van der Waals surface area (Å²) in [6.45, 7) is 3.56. The van der Waals surface area contributed by atoms with Crippen molar-refractivity contribution in [2.24, 2.45) is 0 Å². The second-order valence-electron chi connectivity index (χ2n) is 6.55. The van der Waals surface area contributed by atoms with Gasteiger partial charge in [0.05, 0.1) is 11.8 Å². The highest BCUT2D eigenvalue weighted by molar-refractivity contribution is 5.94. The lowest BCUT2D eigenvalue weighted by molar-refractivity contribution is 0.0254. The lowest BCUT2D eigenvalue weighted by Crippen LogP contribution is -2.54. The molecule has 3 rings (SSSR count). The van der Waals surface area contributed by atoms with Crippen LogP contribution in [0.2, 0.25) is 0 Å². The molecule has 1 aliphatic heterocycles. The van der Waals surface area contributed by atoms with E-state index in [4.69, 9.17) is 0 Å². The summed E-state index contributed by atoms with van der Waals surface area (Å²) in [5.41, 5.74) is 0.846. The quantitative estimate of drug-likeness (QED) is 0.868. The van der Waals surface area contributed by atoms with Crippen molar-refractivity contribution in [3.8, 4) is 0 Å². The molecule has 2 aromatic rings. The Kier molecular flexibility index (Phi) is 5.28. The fraction of sp³-hybridized carbons (Fsp3) is 0.421. The summed E-state index contributed by atoms with van der Waals surface area (Å²) >= 11 is 0. The van der Waals surface area contributed by atoms with Crippen molar-refractivity contribution in [1.29, 1.82) is 0 Å². The van der Waals surface area contributed by atoms with Crippen molar-refractivity contribution >= 4 is 11.7 Å². The number of nitrogens with zero attached hydrogens (tertiary/aromatic N) is 3. The van der Waals surface area contributed by atoms with Gasteiger partial charge in [0.1, 0.15) is 5.82 Å². The van der Waals surface area contributed by atoms with Crippen molar-refractivity contribution in [3.05, 3.63) is 54.0 Å². The molecule has 25 heavy (non-hydrogen) atoms. The molecule has 1 saturated heterocycles. The number of aryl methyl sites for hydroxylation is 1. The maximum Gasteiger partial charge on any atom is 0.251 e. The molecule has 2 N–H and O–H groups in total. The topological polar surface area (TPSA) is 78.4 Å². The molecule has 0 radical (unpaired) electrons. The number of β-amino-alcohol motifs (C(OH)–C–C–N with tert-alkyl or cyclic N) is 1. The number of nitrogens with one attached hydrogen (secondary N) is 1. The number of hydrogen-bond acceptors (Lipinski definition) is 5. The van der Waals surface area contributed by atoms with E-state index in [2.05, 4.69) is 22.2 Å². The molecule has 6 heteroatoms. The monoisotopic (exact) mass is 340 g/mol. The lowest BCUT2D eigenvalue weighted by Gasteiger charge is -2.39. The molecule has 1 aliphatic rings. The summed E-state index contributed by atoms with van der Waals surface area (Å²) in [4.78, 5) is 22.7. The maximum absolute atomic E-state index is 12.3. The fourth-order valence-corrected chi connectivity index (χ4v) is 3.15. The minimum absolute atomic E-state index is 0.160. The van der Waals surface area contributed by atoms with E-state index < -0.39 is 5.60 Å². The Balaban J connectivity index is 1.60. The molecular formula is C19H24N4O2. The van der Waals surface area contributed by atoms with Crippen LogP contribution in [0.1, 0.15) is 35.7 Å². The van der Waals surface area contributed by atoms with E-state index in [1.54, 1.807) is 18.6 Å². The van der Waals surface area contributed by atoms with E-state index in [1.165, 1.54) is 5.56 Å². The molecule has 132 valence electrons. The average molecular weight is 340 g/mol. The summed E-state index contributed by atoms with van der Waals surface area (Å²) < 4.78 is 0. The largest absolute Gasteiger partial charge is 0.386 e. The van der Waals surface area contributed by atoms with Gasteiger partial charge in [-0.3, -0.25) is 9.78 Å². The number of amides is 1. The van der Waals surface area contributed by atoms with Gasteiger partial charge in [-0.25, -0.2) is 4.98 Å². The molecule has 1 amide bonds. The van der Waals surface area contributed by atoms with Gasteiger partial charge in [0.15, 0.2) is 0 Å². The molecule has 1 aromatic heterocycles. The molecular weight excluding hydrogens is 316 g/mol. The number of hydrogen-bond donors (Lipinski definition) is 2. The van der Waals surface area contributed by atoms with Crippen LogP contribution in [0.3, 0.4) is 0 Å². The number of aliphatic hydroxyl groups is 1. The van der Waals surface area contributed by atoms with Crippen molar-refractivity contribution in [3.63, 3.8) is 0 Å². The van der Waals surface area contributed by atoms with Crippen LogP contribution in [0, 0.1) is 0 Å². The molecule has 1 fully saturated rings. The molecule has 0 spiro atoms. The van der Waals surface area contributed by atoms with Gasteiger partial charge in [-0.2, -0.15) is 0 Å². The molecule has 1 aromatic carbocycles. The van der Waals surface area contributed by atoms with Crippen molar-refractivity contribution in [2.75, 3.05) is 24.5 Å². The highest BCUT2D eigenvalue weighted by Gasteiger charge is 2.34. The predicted octanol–water partition coefficient (Wildman–Crippen LogP) is 1.80. The molecule has 0 aliphatic carbocycles. The van der Waals surface area contributed by atoms with Crippen LogP contribution >= 0.6 is 0 Å². The number of carbonyl (C=O) groups is 1. The summed E-state index contributed by atoms with van der Waals surface area (Å²) in [5, 5.41) is 13.7. The Morgan fingerprint density at radius 1 is 1.32 bits per heavy atom. The van der Waals surface area contributed by atoms with Crippen LogP contribution < -0.4 is 10.2 Å². The zero-order chi connectivity index (χ0) is 17.7. The standard InChI is InChI=1S/C19H24N4O2/c1-2-15-4-6-16(7-5-15)18(24)22-13-19(25)8-3-11-23(14-19)17-12-20-9-10-21-17/h4-7,9-10,12,25H,2-3,8,11,13-14H2,1H3,(H,22,24). The Labute approximate surface area is 147 Å². The van der Waals surface area contributed by atoms with E-state index >= 15 is 0 Å². The van der Waals surface area contributed by atoms with Gasteiger partial charge in [0, 0.05) is 37.6 Å². The fourth-order valence-electron chi connectivity index (χ4n) is 3.15. The highest BCUT2D eigenvalue weighted by Crippen LogP contribution is 2.24. The third-order valence-corrected chi connectivity index (χ3v) is 4.63. The SMILES string of the molecule is CCc1ccc(C(=O)NCC2(O)CCCN(c3cnccn3)C2)cc1. The van der Waals surface area contributed by atoms with Gasteiger partial charge in [-0.1, -0.05) is 19.1 Å². The van der Waals surface area contributed by atoms with E-state index in [0.717, 1.165) is 25.2 Å². The van der Waals surface area contributed by atoms with Gasteiger partial charge in [0.2, 0.25) is 0 Å². The van der Waals surface area contributed by atoms with Gasteiger partial charge in [-0.15, -0.1) is 0 Å². The normalized spacial score (nSPS) is 20.3. The van der Waals surface area contributed by atoms with Gasteiger partial charge in [-0.05, 0) is 37.0 Å². The Bertz CT molecular complexity index is 705. The van der Waals surface area contributed by atoms with E-state index in [1.807, 2.05) is 29.2 Å². The Morgan fingerprint density at radius 3 is 2.80 bits per heavy atom. The highest BCUT2D eigenvalue weighted by atomic mass is 16.3. The van der Waals surface area contributed by atoms with E-state index in [0.29, 0.717) is 18.5 Å². The van der Waals surface area contributed by atoms with Crippen molar-refractivity contribution in [1.82, 2.24) is 15.3 Å². The minimum Gasteiger partial charge on any atom is -0.386 e. The number of anilines is 1. The Morgan fingerprint density at radius 2 is 2.12 bits per heavy atom. The van der Waals surface area contributed by atoms with Crippen LogP contribution in [0.25, 0.3) is 0 Å². The summed E-state index contributed by atoms with van der Waals surface area (Å²) in [7, 11) is 0. The number of benzene rings is 1. The minimum atomic E-state index is -0.964. The van der Waals surface area contributed by atoms with Gasteiger partial charge in [0.25, 0.3) is 5.91 Å². The molecule has 1 atom stereocenters. The first-order valence-electron chi connectivity index (χ1n) is 8.70. The van der Waals surface area contributed by atoms with Crippen LogP contribution in [0.15, 0.2) is 42.9 Å². The number of carbonyl (C=O) groups excluding carboxylic acids is 1. The van der Waals surface area contributed by atoms with E-state index in [-0.39, 0.29) is 12.5 Å². The molecule has 1 unspecified atom stereocenters. The summed E-state index contributed by atoms with van der Waals surface area (Å²) in [5.74, 6) is 0.592. The first kappa shape index (κ1) is 17.4. The van der Waals surface area contributed by atoms with Gasteiger partial charge >= 0.3 is 0 Å². The van der Waals surface area contributed by atoms with Gasteiger partial charge < -0.3 is 15.3 Å². The molecule has 2 heterocycles. The smallest absolute Gasteiger partial charge is 0.251 e. The zero-order valence-electron chi connectivity index (χ0n) is 14.5. The average Bonchev–Trinajstić information content (AvgIpc) is 2.67. The first-order chi connectivity index (χ1) is 12.1. The van der Waals surface area contributed by atoms with Crippen molar-refractivity contribution < 1.29 is 9.90 Å². The maximum atomic E-state index is 12.3. The molecule has 0 bridgehead atoms. The van der Waals surface area contributed by atoms with Crippen LogP contribution in [-0.4, -0.2) is 46.2 Å². The Hall–Kier alpha value is -2.47. The molecule has 0 saturated carbocycles. The summed E-state index contributed by atoms with van der Waals surface area (Å²) in [6.07, 6.45) is 7.40. The number of aromatic nitrogens is 2. The van der Waals surface area contributed by atoms with Crippen LogP contribution in [0.5, 0.6) is 0 Å². The predicted molar refractivity (Wildman–Crippen MR) is 96.6 cm³/mol. The third kappa shape index (κ3) is 4.33. The number of piperidine rings is 1. The third-order valence-electron chi connectivity index (χ3n) is 4.63. The number of rotatable bonds is 5. The second kappa shape index (κ2) is 7.61. The zero-order valence-corrected chi connectivity index (χ0v) is 14.5. The first-order valence-corrected chi connectivity index (χ1v) is 8.70. The molecule has 6 nitrogen and oxygen atoms in total. The summed E-state index contributed by atoms with van der Waals surface area (Å²) in [6, 6.07) is 7.57. The lowest BCUT2D eigenvalue weighted by atomic mass is 9.92.